The summed E-state index contributed by atoms with van der Waals surface area (Å²) in [5.41, 5.74) is 4.09. The average molecular weight is 491 g/mol. The number of unbranched alkanes of at least 4 members (excludes halogenated alkanes) is 1. The van der Waals surface area contributed by atoms with Crippen molar-refractivity contribution in [2.24, 2.45) is 0 Å². The summed E-state index contributed by atoms with van der Waals surface area (Å²) in [7, 11) is 1.72. The van der Waals surface area contributed by atoms with Crippen LogP contribution in [0.15, 0.2) is 42.5 Å². The van der Waals surface area contributed by atoms with E-state index in [2.05, 4.69) is 33.3 Å². The summed E-state index contributed by atoms with van der Waals surface area (Å²) in [5, 5.41) is 2.37. The number of para-hydroxylation sites is 2. The summed E-state index contributed by atoms with van der Waals surface area (Å²) in [4.78, 5) is 43.4. The second kappa shape index (κ2) is 10.7. The minimum absolute atomic E-state index is 0.103. The van der Waals surface area contributed by atoms with Gasteiger partial charge < -0.3 is 14.5 Å². The van der Waals surface area contributed by atoms with Crippen molar-refractivity contribution in [2.45, 2.75) is 44.7 Å². The fourth-order valence-corrected chi connectivity index (χ4v) is 5.64. The topological polar surface area (TPSA) is 82.2 Å². The van der Waals surface area contributed by atoms with E-state index in [1.165, 1.54) is 11.3 Å². The van der Waals surface area contributed by atoms with Gasteiger partial charge >= 0.3 is 0 Å². The number of benzene rings is 2. The van der Waals surface area contributed by atoms with Gasteiger partial charge in [-0.15, -0.1) is 0 Å². The fourth-order valence-electron chi connectivity index (χ4n) is 5.64. The predicted octanol–water partition coefficient (Wildman–Crippen LogP) is 2.60. The monoisotopic (exact) mass is 490 g/mol. The van der Waals surface area contributed by atoms with Crippen molar-refractivity contribution >= 4 is 23.4 Å². The van der Waals surface area contributed by atoms with Crippen molar-refractivity contribution in [3.8, 4) is 5.75 Å². The molecule has 8 heteroatoms. The van der Waals surface area contributed by atoms with E-state index < -0.39 is 6.04 Å². The third-order valence-electron chi connectivity index (χ3n) is 7.65. The number of piperazine rings is 1. The minimum Gasteiger partial charge on any atom is -0.495 e. The number of carbonyl (C=O) groups is 3. The number of hydrogen-bond acceptors (Lipinski definition) is 6. The molecule has 0 saturated carbocycles. The maximum Gasteiger partial charge on any atom is 0.255 e. The number of nitrogens with one attached hydrogen (secondary N) is 1. The Labute approximate surface area is 212 Å². The molecule has 190 valence electrons. The van der Waals surface area contributed by atoms with Crippen LogP contribution in [-0.4, -0.2) is 73.4 Å². The summed E-state index contributed by atoms with van der Waals surface area (Å²) >= 11 is 0. The lowest BCUT2D eigenvalue weighted by Gasteiger charge is -2.36. The van der Waals surface area contributed by atoms with Gasteiger partial charge in [-0.1, -0.05) is 24.3 Å². The first-order valence-corrected chi connectivity index (χ1v) is 12.9. The molecule has 2 saturated heterocycles. The van der Waals surface area contributed by atoms with Gasteiger partial charge in [-0.2, -0.15) is 0 Å². The number of rotatable bonds is 8. The van der Waals surface area contributed by atoms with Crippen LogP contribution < -0.4 is 15.0 Å². The van der Waals surface area contributed by atoms with E-state index >= 15 is 0 Å². The maximum atomic E-state index is 13.0. The Morgan fingerprint density at radius 3 is 2.56 bits per heavy atom. The van der Waals surface area contributed by atoms with Crippen molar-refractivity contribution in [3.05, 3.63) is 59.2 Å². The molecule has 2 aromatic rings. The van der Waals surface area contributed by atoms with Crippen molar-refractivity contribution in [1.82, 2.24) is 15.1 Å². The number of piperidine rings is 1. The van der Waals surface area contributed by atoms with Gasteiger partial charge in [-0.05, 0) is 61.6 Å². The zero-order chi connectivity index (χ0) is 25.1. The lowest BCUT2D eigenvalue weighted by Crippen LogP contribution is -2.52. The molecule has 1 atom stereocenters. The molecule has 3 aliphatic heterocycles. The average Bonchev–Trinajstić information content (AvgIpc) is 3.24. The lowest BCUT2D eigenvalue weighted by molar-refractivity contribution is -0.136. The predicted molar refractivity (Wildman–Crippen MR) is 137 cm³/mol. The number of nitrogens with zero attached hydrogens (tertiary/aromatic N) is 3. The summed E-state index contributed by atoms with van der Waals surface area (Å²) in [6.45, 7) is 5.57. The van der Waals surface area contributed by atoms with Crippen molar-refractivity contribution < 1.29 is 19.1 Å². The van der Waals surface area contributed by atoms with E-state index in [0.29, 0.717) is 18.5 Å². The van der Waals surface area contributed by atoms with Gasteiger partial charge in [0.15, 0.2) is 0 Å². The lowest BCUT2D eigenvalue weighted by atomic mass is 9.98. The molecule has 3 heterocycles. The number of ether oxygens (including phenoxy) is 1. The highest BCUT2D eigenvalue weighted by atomic mass is 16.5. The molecule has 0 bridgehead atoms. The highest BCUT2D eigenvalue weighted by Gasteiger charge is 2.39. The standard InChI is InChI=1S/C28H34N4O4/c1-36-25-11-3-2-10-23(25)31-17-15-30(16-18-31)14-5-4-7-20-8-6-9-21-22(20)19-32(28(21)35)24-12-13-26(33)29-27(24)34/h2-3,6,8-11,24H,4-5,7,12-19H2,1H3,(H,29,33,34). The third-order valence-corrected chi connectivity index (χ3v) is 7.65. The van der Waals surface area contributed by atoms with Crippen LogP contribution in [0.3, 0.4) is 0 Å². The molecule has 3 amide bonds. The Hall–Kier alpha value is -3.39. The zero-order valence-corrected chi connectivity index (χ0v) is 20.9. The molecule has 1 N–H and O–H groups in total. The van der Waals surface area contributed by atoms with Crippen LogP contribution >= 0.6 is 0 Å². The number of methoxy groups -OCH3 is 1. The first kappa shape index (κ1) is 24.3. The summed E-state index contributed by atoms with van der Waals surface area (Å²) in [6.07, 6.45) is 3.74. The molecule has 8 nitrogen and oxygen atoms in total. The van der Waals surface area contributed by atoms with Crippen LogP contribution in [-0.2, 0) is 22.6 Å². The number of hydrogen-bond donors (Lipinski definition) is 1. The molecule has 5 rings (SSSR count). The van der Waals surface area contributed by atoms with Gasteiger partial charge in [0.25, 0.3) is 5.91 Å². The van der Waals surface area contributed by atoms with Gasteiger partial charge in [-0.3, -0.25) is 24.6 Å². The Morgan fingerprint density at radius 2 is 1.78 bits per heavy atom. The quantitative estimate of drug-likeness (QED) is 0.453. The van der Waals surface area contributed by atoms with Crippen LogP contribution in [0.5, 0.6) is 5.75 Å². The van der Waals surface area contributed by atoms with Crippen LogP contribution in [0.4, 0.5) is 5.69 Å². The van der Waals surface area contributed by atoms with E-state index in [1.54, 1.807) is 12.0 Å². The number of carbonyl (C=O) groups excluding carboxylic acids is 3. The molecule has 0 spiro atoms. The van der Waals surface area contributed by atoms with E-state index in [0.717, 1.165) is 63.3 Å². The second-order valence-corrected chi connectivity index (χ2v) is 9.80. The molecule has 0 aliphatic carbocycles. The normalized spacial score (nSPS) is 20.5. The maximum absolute atomic E-state index is 13.0. The van der Waals surface area contributed by atoms with Gasteiger partial charge in [0, 0.05) is 44.7 Å². The van der Waals surface area contributed by atoms with Crippen molar-refractivity contribution in [1.29, 1.82) is 0 Å². The molecule has 1 unspecified atom stereocenters. The molecular weight excluding hydrogens is 456 g/mol. The van der Waals surface area contributed by atoms with Crippen LogP contribution in [0.1, 0.15) is 47.2 Å². The molecule has 2 fully saturated rings. The van der Waals surface area contributed by atoms with E-state index in [1.807, 2.05) is 24.3 Å². The summed E-state index contributed by atoms with van der Waals surface area (Å²) in [5.74, 6) is 0.201. The summed E-state index contributed by atoms with van der Waals surface area (Å²) < 4.78 is 5.52. The Balaban J connectivity index is 1.11. The number of anilines is 1. The Bertz CT molecular complexity index is 1140. The van der Waals surface area contributed by atoms with Gasteiger partial charge in [0.05, 0.1) is 12.8 Å². The smallest absolute Gasteiger partial charge is 0.255 e. The number of fused-ring (bicyclic) bond motifs is 1. The van der Waals surface area contributed by atoms with Gasteiger partial charge in [0.2, 0.25) is 11.8 Å². The first-order valence-electron chi connectivity index (χ1n) is 12.9. The van der Waals surface area contributed by atoms with Crippen molar-refractivity contribution in [2.75, 3.05) is 44.7 Å². The molecule has 36 heavy (non-hydrogen) atoms. The van der Waals surface area contributed by atoms with Crippen LogP contribution in [0.2, 0.25) is 0 Å². The molecule has 0 aromatic heterocycles. The van der Waals surface area contributed by atoms with Crippen LogP contribution in [0.25, 0.3) is 0 Å². The Morgan fingerprint density at radius 1 is 0.972 bits per heavy atom. The van der Waals surface area contributed by atoms with E-state index in [9.17, 15) is 14.4 Å². The van der Waals surface area contributed by atoms with Crippen molar-refractivity contribution in [3.63, 3.8) is 0 Å². The first-order chi connectivity index (χ1) is 17.5. The number of amides is 3. The zero-order valence-electron chi connectivity index (χ0n) is 20.9. The second-order valence-electron chi connectivity index (χ2n) is 9.80. The van der Waals surface area contributed by atoms with Crippen LogP contribution in [0, 0.1) is 0 Å². The van der Waals surface area contributed by atoms with E-state index in [-0.39, 0.29) is 24.1 Å². The Kier molecular flexibility index (Phi) is 7.23. The van der Waals surface area contributed by atoms with Gasteiger partial charge in [-0.25, -0.2) is 0 Å². The molecule has 0 radical (unpaired) electrons. The van der Waals surface area contributed by atoms with Gasteiger partial charge in [0.1, 0.15) is 11.8 Å². The highest BCUT2D eigenvalue weighted by molar-refractivity contribution is 6.05. The van der Waals surface area contributed by atoms with E-state index in [4.69, 9.17) is 4.74 Å². The minimum atomic E-state index is -0.565. The highest BCUT2D eigenvalue weighted by Crippen LogP contribution is 2.31. The third kappa shape index (κ3) is 4.95. The fraction of sp³-hybridized carbons (Fsp3) is 0.464. The number of aryl methyl sites for hydroxylation is 1. The molecule has 3 aliphatic rings. The molecular formula is C28H34N4O4. The number of imide groups is 1. The molecule has 2 aromatic carbocycles. The summed E-state index contributed by atoms with van der Waals surface area (Å²) in [6, 6.07) is 13.5. The largest absolute Gasteiger partial charge is 0.495 e. The SMILES string of the molecule is COc1ccccc1N1CCN(CCCCc2cccc3c2CN(C2CCC(=O)NC2=O)C3=O)CC1.